The average molecular weight is 315 g/mol. The first kappa shape index (κ1) is 14.5. The van der Waals surface area contributed by atoms with E-state index in [0.717, 1.165) is 68.8 Å². The summed E-state index contributed by atoms with van der Waals surface area (Å²) in [6.07, 6.45) is 2.45. The van der Waals surface area contributed by atoms with Gasteiger partial charge in [0.2, 0.25) is 0 Å². The maximum Gasteiger partial charge on any atom is 0.309 e. The molecule has 0 unspecified atom stereocenters. The number of hydrogen-bond acceptors (Lipinski definition) is 5. The fourth-order valence-electron chi connectivity index (χ4n) is 3.38. The SMILES string of the molecule is O=C(O)C1(CCN2CCN(c3noc4ccccc34)CC2)CC1. The van der Waals surface area contributed by atoms with Gasteiger partial charge in [0, 0.05) is 26.2 Å². The molecule has 1 saturated heterocycles. The number of carboxylic acid groups (broad SMARTS) is 1. The van der Waals surface area contributed by atoms with Gasteiger partial charge in [-0.15, -0.1) is 0 Å². The fraction of sp³-hybridized carbons (Fsp3) is 0.529. The van der Waals surface area contributed by atoms with E-state index in [-0.39, 0.29) is 0 Å². The summed E-state index contributed by atoms with van der Waals surface area (Å²) in [4.78, 5) is 15.9. The normalized spacial score (nSPS) is 20.8. The smallest absolute Gasteiger partial charge is 0.309 e. The van der Waals surface area contributed by atoms with Crippen LogP contribution in [0.3, 0.4) is 0 Å². The van der Waals surface area contributed by atoms with Crippen LogP contribution in [0.15, 0.2) is 28.8 Å². The molecule has 1 aromatic carbocycles. The molecular formula is C17H21N3O3. The first-order chi connectivity index (χ1) is 11.2. The Morgan fingerprint density at radius 2 is 1.96 bits per heavy atom. The Kier molecular flexibility index (Phi) is 3.49. The molecule has 0 radical (unpaired) electrons. The van der Waals surface area contributed by atoms with Crippen LogP contribution < -0.4 is 4.90 Å². The molecule has 1 aliphatic carbocycles. The molecule has 4 rings (SSSR count). The number of nitrogens with zero attached hydrogens (tertiary/aromatic N) is 3. The maximum absolute atomic E-state index is 11.2. The second kappa shape index (κ2) is 5.53. The van der Waals surface area contributed by atoms with Gasteiger partial charge in [0.1, 0.15) is 0 Å². The monoisotopic (exact) mass is 315 g/mol. The lowest BCUT2D eigenvalue weighted by Crippen LogP contribution is -2.47. The number of benzene rings is 1. The van der Waals surface area contributed by atoms with Crippen molar-refractivity contribution in [2.24, 2.45) is 5.41 Å². The summed E-state index contributed by atoms with van der Waals surface area (Å²) in [6.45, 7) is 4.56. The first-order valence-corrected chi connectivity index (χ1v) is 8.23. The van der Waals surface area contributed by atoms with E-state index in [2.05, 4.69) is 15.0 Å². The van der Waals surface area contributed by atoms with E-state index in [1.807, 2.05) is 24.3 Å². The lowest BCUT2D eigenvalue weighted by Gasteiger charge is -2.35. The minimum absolute atomic E-state index is 0.417. The Morgan fingerprint density at radius 3 is 2.65 bits per heavy atom. The molecule has 0 spiro atoms. The zero-order valence-electron chi connectivity index (χ0n) is 13.1. The second-order valence-corrected chi connectivity index (χ2v) is 6.67. The molecule has 6 nitrogen and oxygen atoms in total. The van der Waals surface area contributed by atoms with E-state index in [1.165, 1.54) is 0 Å². The Balaban J connectivity index is 1.35. The van der Waals surface area contributed by atoms with Gasteiger partial charge in [0.25, 0.3) is 0 Å². The highest BCUT2D eigenvalue weighted by atomic mass is 16.5. The first-order valence-electron chi connectivity index (χ1n) is 8.23. The zero-order chi connectivity index (χ0) is 15.9. The van der Waals surface area contributed by atoms with Crippen LogP contribution in [0.25, 0.3) is 11.0 Å². The highest BCUT2D eigenvalue weighted by molar-refractivity contribution is 5.88. The van der Waals surface area contributed by atoms with Crippen molar-refractivity contribution in [3.8, 4) is 0 Å². The third kappa shape index (κ3) is 2.67. The van der Waals surface area contributed by atoms with E-state index < -0.39 is 11.4 Å². The van der Waals surface area contributed by atoms with Crippen LogP contribution in [0.4, 0.5) is 5.82 Å². The van der Waals surface area contributed by atoms with Gasteiger partial charge in [0.05, 0.1) is 10.8 Å². The van der Waals surface area contributed by atoms with Gasteiger partial charge in [-0.05, 0) is 37.9 Å². The van der Waals surface area contributed by atoms with E-state index in [0.29, 0.717) is 0 Å². The predicted molar refractivity (Wildman–Crippen MR) is 86.6 cm³/mol. The summed E-state index contributed by atoms with van der Waals surface area (Å²) < 4.78 is 5.39. The van der Waals surface area contributed by atoms with Crippen LogP contribution in [-0.4, -0.2) is 53.9 Å². The number of para-hydroxylation sites is 1. The van der Waals surface area contributed by atoms with Crippen molar-refractivity contribution in [3.05, 3.63) is 24.3 Å². The number of carbonyl (C=O) groups is 1. The predicted octanol–water partition coefficient (Wildman–Crippen LogP) is 2.20. The maximum atomic E-state index is 11.2. The minimum Gasteiger partial charge on any atom is -0.481 e. The Hall–Kier alpha value is -2.08. The number of carboxylic acids is 1. The Bertz CT molecular complexity index is 715. The number of piperazine rings is 1. The molecule has 2 aliphatic rings. The molecular weight excluding hydrogens is 294 g/mol. The van der Waals surface area contributed by atoms with Crippen LogP contribution in [-0.2, 0) is 4.79 Å². The summed E-state index contributed by atoms with van der Waals surface area (Å²) >= 11 is 0. The van der Waals surface area contributed by atoms with Crippen LogP contribution in [0.2, 0.25) is 0 Å². The molecule has 0 atom stereocenters. The molecule has 2 aromatic rings. The van der Waals surface area contributed by atoms with Crippen molar-refractivity contribution in [2.45, 2.75) is 19.3 Å². The lowest BCUT2D eigenvalue weighted by molar-refractivity contribution is -0.143. The summed E-state index contributed by atoms with van der Waals surface area (Å²) in [5, 5.41) is 14.5. The van der Waals surface area contributed by atoms with E-state index >= 15 is 0 Å². The quantitative estimate of drug-likeness (QED) is 0.912. The number of fused-ring (bicyclic) bond motifs is 1. The number of hydrogen-bond donors (Lipinski definition) is 1. The standard InChI is InChI=1S/C17H21N3O3/c21-16(22)17(5-6-17)7-8-19-9-11-20(12-10-19)15-13-3-1-2-4-14(13)23-18-15/h1-4H,5-12H2,(H,21,22). The van der Waals surface area contributed by atoms with E-state index in [4.69, 9.17) is 4.52 Å². The Morgan fingerprint density at radius 1 is 1.22 bits per heavy atom. The summed E-state index contributed by atoms with van der Waals surface area (Å²) in [6, 6.07) is 7.92. The molecule has 122 valence electrons. The summed E-state index contributed by atoms with van der Waals surface area (Å²) in [5.41, 5.74) is 0.404. The number of aromatic nitrogens is 1. The number of rotatable bonds is 5. The van der Waals surface area contributed by atoms with Crippen molar-refractivity contribution in [3.63, 3.8) is 0 Å². The lowest BCUT2D eigenvalue weighted by atomic mass is 10.0. The zero-order valence-corrected chi connectivity index (χ0v) is 13.1. The average Bonchev–Trinajstić information content (AvgIpc) is 3.26. The molecule has 1 N–H and O–H groups in total. The molecule has 0 amide bonds. The largest absolute Gasteiger partial charge is 0.481 e. The van der Waals surface area contributed by atoms with Gasteiger partial charge >= 0.3 is 5.97 Å². The third-order valence-electron chi connectivity index (χ3n) is 5.24. The number of aliphatic carboxylic acids is 1. The van der Waals surface area contributed by atoms with Crippen molar-refractivity contribution >= 4 is 22.8 Å². The number of anilines is 1. The van der Waals surface area contributed by atoms with Crippen molar-refractivity contribution < 1.29 is 14.4 Å². The van der Waals surface area contributed by atoms with Crippen molar-refractivity contribution in [1.29, 1.82) is 0 Å². The van der Waals surface area contributed by atoms with Gasteiger partial charge in [-0.25, -0.2) is 0 Å². The minimum atomic E-state index is -0.620. The third-order valence-corrected chi connectivity index (χ3v) is 5.24. The highest BCUT2D eigenvalue weighted by Gasteiger charge is 2.49. The fourth-order valence-corrected chi connectivity index (χ4v) is 3.38. The summed E-state index contributed by atoms with van der Waals surface area (Å²) in [5.74, 6) is 0.301. The topological polar surface area (TPSA) is 69.8 Å². The van der Waals surface area contributed by atoms with Gasteiger partial charge in [-0.1, -0.05) is 17.3 Å². The van der Waals surface area contributed by atoms with Gasteiger partial charge in [0.15, 0.2) is 11.4 Å². The van der Waals surface area contributed by atoms with Crippen LogP contribution in [0.5, 0.6) is 0 Å². The molecule has 23 heavy (non-hydrogen) atoms. The van der Waals surface area contributed by atoms with Gasteiger partial charge < -0.3 is 14.5 Å². The molecule has 1 aliphatic heterocycles. The second-order valence-electron chi connectivity index (χ2n) is 6.67. The van der Waals surface area contributed by atoms with Gasteiger partial charge in [-0.3, -0.25) is 9.69 Å². The van der Waals surface area contributed by atoms with Crippen LogP contribution in [0.1, 0.15) is 19.3 Å². The molecule has 6 heteroatoms. The molecule has 1 aromatic heterocycles. The van der Waals surface area contributed by atoms with Crippen molar-refractivity contribution in [1.82, 2.24) is 10.1 Å². The highest BCUT2D eigenvalue weighted by Crippen LogP contribution is 2.49. The Labute approximate surface area is 134 Å². The van der Waals surface area contributed by atoms with Crippen LogP contribution in [0, 0.1) is 5.41 Å². The molecule has 1 saturated carbocycles. The molecule has 0 bridgehead atoms. The van der Waals surface area contributed by atoms with Crippen molar-refractivity contribution in [2.75, 3.05) is 37.6 Å². The van der Waals surface area contributed by atoms with E-state index in [9.17, 15) is 9.90 Å². The van der Waals surface area contributed by atoms with E-state index in [1.54, 1.807) is 0 Å². The summed E-state index contributed by atoms with van der Waals surface area (Å²) in [7, 11) is 0. The van der Waals surface area contributed by atoms with Crippen LogP contribution >= 0.6 is 0 Å². The molecule has 2 fully saturated rings. The van der Waals surface area contributed by atoms with Gasteiger partial charge in [-0.2, -0.15) is 0 Å². The molecule has 2 heterocycles.